The number of aromatic amines is 1. The zero-order chi connectivity index (χ0) is 16.3. The van der Waals surface area contributed by atoms with Gasteiger partial charge in [-0.2, -0.15) is 18.3 Å². The normalized spacial score (nSPS) is 13.1. The summed E-state index contributed by atoms with van der Waals surface area (Å²) in [5.74, 6) is -1.25. The molecule has 8 heteroatoms. The van der Waals surface area contributed by atoms with Gasteiger partial charge in [-0.05, 0) is 24.6 Å². The fourth-order valence-electron chi connectivity index (χ4n) is 2.01. The van der Waals surface area contributed by atoms with E-state index in [9.17, 15) is 23.1 Å². The largest absolute Gasteiger partial charge is 0.480 e. The molecule has 0 fully saturated rings. The van der Waals surface area contributed by atoms with Gasteiger partial charge >= 0.3 is 12.1 Å². The number of benzene rings is 1. The van der Waals surface area contributed by atoms with Crippen molar-refractivity contribution in [3.63, 3.8) is 0 Å². The second kappa shape index (κ2) is 6.18. The number of carboxylic acid groups (broad SMARTS) is 1. The third-order valence-corrected chi connectivity index (χ3v) is 3.23. The van der Waals surface area contributed by atoms with Gasteiger partial charge in [0.1, 0.15) is 6.04 Å². The zero-order valence-electron chi connectivity index (χ0n) is 11.6. The monoisotopic (exact) mass is 313 g/mol. The Morgan fingerprint density at radius 1 is 1.45 bits per heavy atom. The minimum Gasteiger partial charge on any atom is -0.480 e. The Kier molecular flexibility index (Phi) is 4.51. The zero-order valence-corrected chi connectivity index (χ0v) is 11.6. The van der Waals surface area contributed by atoms with Crippen LogP contribution in [0.2, 0.25) is 0 Å². The number of carbonyl (C=O) groups is 1. The molecular formula is C14H14F3N3O2. The molecule has 3 N–H and O–H groups in total. The van der Waals surface area contributed by atoms with Crippen LogP contribution < -0.4 is 5.32 Å². The third-order valence-electron chi connectivity index (χ3n) is 3.23. The molecule has 0 amide bonds. The van der Waals surface area contributed by atoms with Crippen molar-refractivity contribution in [2.75, 3.05) is 0 Å². The molecular weight excluding hydrogens is 299 g/mol. The van der Waals surface area contributed by atoms with Crippen molar-refractivity contribution < 1.29 is 23.1 Å². The number of aromatic nitrogens is 2. The molecule has 2 rings (SSSR count). The Balaban J connectivity index is 2.21. The lowest BCUT2D eigenvalue weighted by molar-refractivity contribution is -0.140. The van der Waals surface area contributed by atoms with Gasteiger partial charge in [0.15, 0.2) is 0 Å². The molecule has 1 atom stereocenters. The molecule has 2 aromatic rings. The molecule has 0 spiro atoms. The number of hydrogen-bond acceptors (Lipinski definition) is 3. The summed E-state index contributed by atoms with van der Waals surface area (Å²) in [5.41, 5.74) is 0.680. The first-order valence-electron chi connectivity index (χ1n) is 6.41. The van der Waals surface area contributed by atoms with E-state index in [1.54, 1.807) is 6.92 Å². The lowest BCUT2D eigenvalue weighted by Crippen LogP contribution is -2.28. The Bertz CT molecular complexity index is 667. The van der Waals surface area contributed by atoms with E-state index in [1.165, 1.54) is 18.3 Å². The first-order chi connectivity index (χ1) is 10.3. The number of nitrogens with zero attached hydrogens (tertiary/aromatic N) is 1. The van der Waals surface area contributed by atoms with Crippen LogP contribution in [0.5, 0.6) is 0 Å². The van der Waals surface area contributed by atoms with Crippen molar-refractivity contribution in [3.8, 4) is 0 Å². The van der Waals surface area contributed by atoms with Gasteiger partial charge in [0, 0.05) is 17.8 Å². The molecule has 0 aliphatic rings. The van der Waals surface area contributed by atoms with Crippen LogP contribution >= 0.6 is 0 Å². The van der Waals surface area contributed by atoms with Gasteiger partial charge in [0.25, 0.3) is 0 Å². The highest BCUT2D eigenvalue weighted by molar-refractivity contribution is 5.75. The van der Waals surface area contributed by atoms with Gasteiger partial charge in [-0.3, -0.25) is 15.2 Å². The van der Waals surface area contributed by atoms with Crippen LogP contribution in [0.3, 0.4) is 0 Å². The summed E-state index contributed by atoms with van der Waals surface area (Å²) in [5, 5.41) is 18.5. The SMILES string of the molecule is Cc1[nH]ncc1CNC(C(=O)O)c1cccc(C(F)(F)F)c1. The topological polar surface area (TPSA) is 78.0 Å². The molecule has 0 aliphatic carbocycles. The predicted molar refractivity (Wildman–Crippen MR) is 72.0 cm³/mol. The number of H-pyrrole nitrogens is 1. The molecule has 0 saturated carbocycles. The van der Waals surface area contributed by atoms with E-state index in [1.807, 2.05) is 0 Å². The van der Waals surface area contributed by atoms with E-state index in [4.69, 9.17) is 0 Å². The maximum absolute atomic E-state index is 12.7. The van der Waals surface area contributed by atoms with Crippen molar-refractivity contribution in [3.05, 3.63) is 52.8 Å². The second-order valence-electron chi connectivity index (χ2n) is 4.80. The van der Waals surface area contributed by atoms with E-state index >= 15 is 0 Å². The smallest absolute Gasteiger partial charge is 0.416 e. The van der Waals surface area contributed by atoms with Crippen LogP contribution in [0.15, 0.2) is 30.5 Å². The Hall–Kier alpha value is -2.35. The van der Waals surface area contributed by atoms with Gasteiger partial charge in [-0.15, -0.1) is 0 Å². The number of aryl methyl sites for hydroxylation is 1. The molecule has 1 aromatic carbocycles. The van der Waals surface area contributed by atoms with Crippen LogP contribution in [-0.4, -0.2) is 21.3 Å². The van der Waals surface area contributed by atoms with Crippen molar-refractivity contribution in [2.24, 2.45) is 0 Å². The molecule has 5 nitrogen and oxygen atoms in total. The number of alkyl halides is 3. The molecule has 0 aliphatic heterocycles. The summed E-state index contributed by atoms with van der Waals surface area (Å²) in [4.78, 5) is 11.3. The van der Waals surface area contributed by atoms with E-state index in [-0.39, 0.29) is 12.1 Å². The third kappa shape index (κ3) is 3.64. The quantitative estimate of drug-likeness (QED) is 0.793. The molecule has 0 saturated heterocycles. The number of nitrogens with one attached hydrogen (secondary N) is 2. The van der Waals surface area contributed by atoms with Gasteiger partial charge in [0.2, 0.25) is 0 Å². The number of carboxylic acids is 1. The summed E-state index contributed by atoms with van der Waals surface area (Å²) in [7, 11) is 0. The van der Waals surface area contributed by atoms with E-state index < -0.39 is 23.8 Å². The van der Waals surface area contributed by atoms with Crippen molar-refractivity contribution in [2.45, 2.75) is 25.7 Å². The van der Waals surface area contributed by atoms with Crippen LogP contribution in [0.1, 0.15) is 28.4 Å². The molecule has 1 unspecified atom stereocenters. The number of rotatable bonds is 5. The van der Waals surface area contributed by atoms with E-state index in [2.05, 4.69) is 15.5 Å². The van der Waals surface area contributed by atoms with Crippen LogP contribution in [0, 0.1) is 6.92 Å². The maximum atomic E-state index is 12.7. The number of halogens is 3. The average Bonchev–Trinajstić information content (AvgIpc) is 2.84. The van der Waals surface area contributed by atoms with Crippen molar-refractivity contribution in [1.82, 2.24) is 15.5 Å². The highest BCUT2D eigenvalue weighted by Crippen LogP contribution is 2.30. The molecule has 0 bridgehead atoms. The first-order valence-corrected chi connectivity index (χ1v) is 6.41. The second-order valence-corrected chi connectivity index (χ2v) is 4.80. The molecule has 0 radical (unpaired) electrons. The average molecular weight is 313 g/mol. The van der Waals surface area contributed by atoms with E-state index in [0.717, 1.165) is 23.4 Å². The van der Waals surface area contributed by atoms with Crippen molar-refractivity contribution in [1.29, 1.82) is 0 Å². The maximum Gasteiger partial charge on any atom is 0.416 e. The summed E-state index contributed by atoms with van der Waals surface area (Å²) in [6, 6.07) is 3.05. The molecule has 1 heterocycles. The molecule has 1 aromatic heterocycles. The van der Waals surface area contributed by atoms with Crippen LogP contribution in [0.4, 0.5) is 13.2 Å². The lowest BCUT2D eigenvalue weighted by atomic mass is 10.0. The predicted octanol–water partition coefficient (Wildman–Crippen LogP) is 2.65. The summed E-state index contributed by atoms with van der Waals surface area (Å²) >= 11 is 0. The van der Waals surface area contributed by atoms with Crippen molar-refractivity contribution >= 4 is 5.97 Å². The summed E-state index contributed by atoms with van der Waals surface area (Å²) in [6.45, 7) is 1.94. The number of aliphatic carboxylic acids is 1. The Labute approximate surface area is 124 Å². The summed E-state index contributed by atoms with van der Waals surface area (Å²) in [6.07, 6.45) is -2.98. The standard InChI is InChI=1S/C14H14F3N3O2/c1-8-10(7-19-20-8)6-18-12(13(21)22)9-3-2-4-11(5-9)14(15,16)17/h2-5,7,12,18H,6H2,1H3,(H,19,20)(H,21,22). The molecule has 118 valence electrons. The first kappa shape index (κ1) is 16.0. The number of hydrogen-bond donors (Lipinski definition) is 3. The van der Waals surface area contributed by atoms with E-state index in [0.29, 0.717) is 0 Å². The Morgan fingerprint density at radius 3 is 2.73 bits per heavy atom. The fraction of sp³-hybridized carbons (Fsp3) is 0.286. The van der Waals surface area contributed by atoms with Gasteiger partial charge in [0.05, 0.1) is 11.8 Å². The van der Waals surface area contributed by atoms with Crippen LogP contribution in [-0.2, 0) is 17.5 Å². The van der Waals surface area contributed by atoms with Gasteiger partial charge in [-0.1, -0.05) is 12.1 Å². The minimum absolute atomic E-state index is 0.0449. The Morgan fingerprint density at radius 2 is 2.18 bits per heavy atom. The summed E-state index contributed by atoms with van der Waals surface area (Å²) < 4.78 is 38.1. The molecule has 22 heavy (non-hydrogen) atoms. The van der Waals surface area contributed by atoms with Crippen LogP contribution in [0.25, 0.3) is 0 Å². The van der Waals surface area contributed by atoms with Gasteiger partial charge in [-0.25, -0.2) is 0 Å². The lowest BCUT2D eigenvalue weighted by Gasteiger charge is -2.16. The minimum atomic E-state index is -4.51. The van der Waals surface area contributed by atoms with Gasteiger partial charge < -0.3 is 5.11 Å². The fourth-order valence-corrected chi connectivity index (χ4v) is 2.01. The highest BCUT2D eigenvalue weighted by atomic mass is 19.4. The highest BCUT2D eigenvalue weighted by Gasteiger charge is 2.31.